The molecule has 0 aromatic carbocycles. The number of pyridine rings is 3. The van der Waals surface area contributed by atoms with Gasteiger partial charge in [0.2, 0.25) is 0 Å². The maximum atomic E-state index is 13.3. The van der Waals surface area contributed by atoms with Crippen LogP contribution in [0.25, 0.3) is 22.6 Å². The third-order valence-corrected chi connectivity index (χ3v) is 5.27. The van der Waals surface area contributed by atoms with Gasteiger partial charge in [-0.2, -0.15) is 5.10 Å². The van der Waals surface area contributed by atoms with Gasteiger partial charge in [-0.05, 0) is 50.2 Å². The van der Waals surface area contributed by atoms with Gasteiger partial charge in [-0.1, -0.05) is 6.07 Å². The lowest BCUT2D eigenvalue weighted by atomic mass is 10.1. The van der Waals surface area contributed by atoms with E-state index in [-0.39, 0.29) is 23.7 Å². The van der Waals surface area contributed by atoms with Gasteiger partial charge in [-0.3, -0.25) is 19.4 Å². The van der Waals surface area contributed by atoms with Gasteiger partial charge in [-0.15, -0.1) is 0 Å². The molecule has 1 fully saturated rings. The number of hydrogen-bond donors (Lipinski definition) is 1. The molecule has 4 aromatic rings. The van der Waals surface area contributed by atoms with Crippen molar-refractivity contribution in [3.8, 4) is 28.4 Å². The molecule has 5 heterocycles. The highest BCUT2D eigenvalue weighted by Gasteiger charge is 2.25. The molecule has 1 N–H and O–H groups in total. The van der Waals surface area contributed by atoms with Gasteiger partial charge in [0.05, 0.1) is 36.7 Å². The van der Waals surface area contributed by atoms with Crippen molar-refractivity contribution in [3.63, 3.8) is 0 Å². The lowest BCUT2D eigenvalue weighted by Crippen LogP contribution is -2.30. The minimum Gasteiger partial charge on any atom is -0.489 e. The Balaban J connectivity index is 1.48. The van der Waals surface area contributed by atoms with Crippen molar-refractivity contribution in [2.75, 3.05) is 18.5 Å². The van der Waals surface area contributed by atoms with Gasteiger partial charge >= 0.3 is 0 Å². The molecule has 0 unspecified atom stereocenters. The highest BCUT2D eigenvalue weighted by molar-refractivity contribution is 6.05. The molecule has 172 valence electrons. The summed E-state index contributed by atoms with van der Waals surface area (Å²) in [5, 5.41) is 7.64. The first-order chi connectivity index (χ1) is 16.6. The molecule has 0 radical (unpaired) electrons. The van der Waals surface area contributed by atoms with E-state index in [1.807, 2.05) is 55.1 Å². The van der Waals surface area contributed by atoms with Gasteiger partial charge < -0.3 is 14.8 Å². The second kappa shape index (κ2) is 9.40. The smallest absolute Gasteiger partial charge is 0.274 e. The van der Waals surface area contributed by atoms with Crippen LogP contribution in [0, 0.1) is 0 Å². The molecule has 0 aliphatic carbocycles. The average molecular weight is 457 g/mol. The van der Waals surface area contributed by atoms with Gasteiger partial charge in [0.1, 0.15) is 22.8 Å². The van der Waals surface area contributed by atoms with E-state index < -0.39 is 0 Å². The Morgan fingerprint density at radius 3 is 2.68 bits per heavy atom. The summed E-state index contributed by atoms with van der Waals surface area (Å²) in [6.45, 7) is 5.06. The largest absolute Gasteiger partial charge is 0.489 e. The topological polar surface area (TPSA) is 104 Å². The molecular formula is C25H24N6O3. The van der Waals surface area contributed by atoms with E-state index in [1.54, 1.807) is 30.7 Å². The Morgan fingerprint density at radius 1 is 1.12 bits per heavy atom. The minimum atomic E-state index is -0.358. The molecule has 34 heavy (non-hydrogen) atoms. The van der Waals surface area contributed by atoms with E-state index in [2.05, 4.69) is 25.4 Å². The number of hydrogen-bond acceptors (Lipinski definition) is 7. The Morgan fingerprint density at radius 2 is 2.00 bits per heavy atom. The van der Waals surface area contributed by atoms with E-state index in [9.17, 15) is 4.79 Å². The minimum absolute atomic E-state index is 0.0425. The van der Waals surface area contributed by atoms with Gasteiger partial charge in [0.25, 0.3) is 5.91 Å². The molecule has 1 aliphatic heterocycles. The second-order valence-corrected chi connectivity index (χ2v) is 8.18. The zero-order chi connectivity index (χ0) is 23.5. The summed E-state index contributed by atoms with van der Waals surface area (Å²) in [4.78, 5) is 26.5. The zero-order valence-corrected chi connectivity index (χ0v) is 18.9. The van der Waals surface area contributed by atoms with Crippen molar-refractivity contribution in [1.29, 1.82) is 0 Å². The van der Waals surface area contributed by atoms with Crippen LogP contribution in [0.4, 0.5) is 5.69 Å². The van der Waals surface area contributed by atoms with Gasteiger partial charge in [0, 0.05) is 30.4 Å². The highest BCUT2D eigenvalue weighted by Crippen LogP contribution is 2.31. The number of carbonyl (C=O) groups excluding carboxylic acids is 1. The Bertz CT molecular complexity index is 1290. The average Bonchev–Trinajstić information content (AvgIpc) is 3.21. The van der Waals surface area contributed by atoms with Crippen LogP contribution in [0.1, 0.15) is 30.4 Å². The van der Waals surface area contributed by atoms with E-state index in [4.69, 9.17) is 9.47 Å². The van der Waals surface area contributed by atoms with Crippen molar-refractivity contribution < 1.29 is 14.3 Å². The monoisotopic (exact) mass is 456 g/mol. The Hall–Kier alpha value is -4.11. The fraction of sp³-hybridized carbons (Fsp3) is 0.240. The molecular weight excluding hydrogens is 432 g/mol. The normalized spacial score (nSPS) is 13.5. The summed E-state index contributed by atoms with van der Waals surface area (Å²) < 4.78 is 13.0. The Labute approximate surface area is 196 Å². The number of aromatic nitrogens is 5. The van der Waals surface area contributed by atoms with Gasteiger partial charge in [0.15, 0.2) is 0 Å². The molecule has 1 saturated heterocycles. The fourth-order valence-electron chi connectivity index (χ4n) is 3.56. The predicted molar refractivity (Wildman–Crippen MR) is 126 cm³/mol. The summed E-state index contributed by atoms with van der Waals surface area (Å²) in [7, 11) is 0. The van der Waals surface area contributed by atoms with Gasteiger partial charge in [-0.25, -0.2) is 4.98 Å². The zero-order valence-electron chi connectivity index (χ0n) is 18.9. The SMILES string of the molecule is CC(C)Oc1ccc(C(=O)Nc2cn(C3COC3)nc2-c2ccccn2)nc1-c1cccnc1. The molecule has 1 aliphatic rings. The molecule has 9 nitrogen and oxygen atoms in total. The first-order valence-corrected chi connectivity index (χ1v) is 11.1. The van der Waals surface area contributed by atoms with Crippen molar-refractivity contribution in [3.05, 3.63) is 72.9 Å². The maximum absolute atomic E-state index is 13.3. The third-order valence-electron chi connectivity index (χ3n) is 5.27. The highest BCUT2D eigenvalue weighted by atomic mass is 16.5. The number of amides is 1. The summed E-state index contributed by atoms with van der Waals surface area (Å²) in [5.41, 5.74) is 3.39. The summed E-state index contributed by atoms with van der Waals surface area (Å²) in [6.07, 6.45) is 6.85. The van der Waals surface area contributed by atoms with Crippen LogP contribution in [-0.2, 0) is 4.74 Å². The predicted octanol–water partition coefficient (Wildman–Crippen LogP) is 4.01. The number of carbonyl (C=O) groups is 1. The first-order valence-electron chi connectivity index (χ1n) is 11.1. The molecule has 0 atom stereocenters. The summed E-state index contributed by atoms with van der Waals surface area (Å²) in [6, 6.07) is 12.8. The molecule has 0 bridgehead atoms. The number of ether oxygens (including phenoxy) is 2. The number of anilines is 1. The fourth-order valence-corrected chi connectivity index (χ4v) is 3.56. The molecule has 1 amide bonds. The maximum Gasteiger partial charge on any atom is 0.274 e. The van der Waals surface area contributed by atoms with Crippen molar-refractivity contribution >= 4 is 11.6 Å². The second-order valence-electron chi connectivity index (χ2n) is 8.18. The number of nitrogens with one attached hydrogen (secondary N) is 1. The number of nitrogens with zero attached hydrogens (tertiary/aromatic N) is 5. The van der Waals surface area contributed by atoms with Crippen LogP contribution < -0.4 is 10.1 Å². The Kier molecular flexibility index (Phi) is 6.01. The van der Waals surface area contributed by atoms with Crippen LogP contribution in [0.2, 0.25) is 0 Å². The standard InChI is InChI=1S/C25H24N6O3/c1-16(2)34-22-9-8-20(28-23(22)17-6-5-10-26-12-17)25(32)29-21-13-31(18-14-33-15-18)30-24(21)19-7-3-4-11-27-19/h3-13,16,18H,14-15H2,1-2H3,(H,29,32). The van der Waals surface area contributed by atoms with Crippen LogP contribution in [0.15, 0.2) is 67.3 Å². The molecule has 9 heteroatoms. The lowest BCUT2D eigenvalue weighted by molar-refractivity contribution is -0.0285. The van der Waals surface area contributed by atoms with Crippen molar-refractivity contribution in [2.24, 2.45) is 0 Å². The number of rotatable bonds is 7. The first kappa shape index (κ1) is 21.7. The van der Waals surface area contributed by atoms with E-state index in [0.29, 0.717) is 41.7 Å². The van der Waals surface area contributed by atoms with E-state index >= 15 is 0 Å². The van der Waals surface area contributed by atoms with Crippen LogP contribution in [-0.4, -0.2) is 50.0 Å². The lowest BCUT2D eigenvalue weighted by Gasteiger charge is -2.25. The summed E-state index contributed by atoms with van der Waals surface area (Å²) in [5.74, 6) is 0.231. The van der Waals surface area contributed by atoms with Crippen LogP contribution >= 0.6 is 0 Å². The molecule has 0 saturated carbocycles. The quantitative estimate of drug-likeness (QED) is 0.448. The molecule has 0 spiro atoms. The van der Waals surface area contributed by atoms with Crippen LogP contribution in [0.5, 0.6) is 5.75 Å². The molecule has 4 aromatic heterocycles. The third kappa shape index (κ3) is 4.51. The molecule has 5 rings (SSSR count). The summed E-state index contributed by atoms with van der Waals surface area (Å²) >= 11 is 0. The van der Waals surface area contributed by atoms with Crippen molar-refractivity contribution in [1.82, 2.24) is 24.7 Å². The van der Waals surface area contributed by atoms with E-state index in [1.165, 1.54) is 0 Å². The van der Waals surface area contributed by atoms with Crippen molar-refractivity contribution in [2.45, 2.75) is 26.0 Å². The van der Waals surface area contributed by atoms with E-state index in [0.717, 1.165) is 5.56 Å². The van der Waals surface area contributed by atoms with Crippen LogP contribution in [0.3, 0.4) is 0 Å².